The normalized spacial score (nSPS) is 10.5. The maximum Gasteiger partial charge on any atom is 0.278 e. The third-order valence-corrected chi connectivity index (χ3v) is 3.66. The molecular formula is C17H15ClN4O2. The lowest BCUT2D eigenvalue weighted by molar-refractivity contribution is 0.102. The summed E-state index contributed by atoms with van der Waals surface area (Å²) in [6, 6.07) is 14.2. The van der Waals surface area contributed by atoms with E-state index < -0.39 is 0 Å². The van der Waals surface area contributed by atoms with Crippen molar-refractivity contribution in [2.45, 2.75) is 6.92 Å². The number of aryl methyl sites for hydroxylation is 1. The highest BCUT2D eigenvalue weighted by Crippen LogP contribution is 2.23. The lowest BCUT2D eigenvalue weighted by Crippen LogP contribution is -2.14. The average Bonchev–Trinajstić information content (AvgIpc) is 2.98. The van der Waals surface area contributed by atoms with Crippen LogP contribution in [0.25, 0.3) is 5.69 Å². The summed E-state index contributed by atoms with van der Waals surface area (Å²) in [4.78, 5) is 13.9. The van der Waals surface area contributed by atoms with E-state index in [4.69, 9.17) is 16.3 Å². The van der Waals surface area contributed by atoms with E-state index in [0.717, 1.165) is 5.69 Å². The number of anilines is 1. The Morgan fingerprint density at radius 1 is 1.12 bits per heavy atom. The molecule has 1 N–H and O–H groups in total. The average molecular weight is 343 g/mol. The maximum absolute atomic E-state index is 12.5. The molecule has 0 spiro atoms. The molecule has 1 aromatic heterocycles. The van der Waals surface area contributed by atoms with Crippen molar-refractivity contribution in [1.82, 2.24) is 15.0 Å². The first-order valence-electron chi connectivity index (χ1n) is 7.23. The predicted octanol–water partition coefficient (Wildman–Crippen LogP) is 3.49. The largest absolute Gasteiger partial charge is 0.495 e. The SMILES string of the molecule is COc1ccccc1NC(=O)c1nn(-c2ccc(Cl)cc2)nc1C. The number of halogens is 1. The minimum Gasteiger partial charge on any atom is -0.495 e. The number of benzene rings is 2. The van der Waals surface area contributed by atoms with E-state index in [1.807, 2.05) is 12.1 Å². The van der Waals surface area contributed by atoms with Crippen LogP contribution in [0.3, 0.4) is 0 Å². The summed E-state index contributed by atoms with van der Waals surface area (Å²) in [7, 11) is 1.55. The first-order valence-corrected chi connectivity index (χ1v) is 7.60. The zero-order chi connectivity index (χ0) is 17.1. The van der Waals surface area contributed by atoms with Crippen molar-refractivity contribution in [2.24, 2.45) is 0 Å². The number of hydrogen-bond acceptors (Lipinski definition) is 4. The molecular weight excluding hydrogens is 328 g/mol. The Balaban J connectivity index is 1.87. The molecule has 1 amide bonds. The minimum atomic E-state index is -0.350. The number of amides is 1. The van der Waals surface area contributed by atoms with Crippen LogP contribution in [0.15, 0.2) is 48.5 Å². The van der Waals surface area contributed by atoms with Crippen molar-refractivity contribution in [3.63, 3.8) is 0 Å². The van der Waals surface area contributed by atoms with Crippen LogP contribution in [0.5, 0.6) is 5.75 Å². The fraction of sp³-hybridized carbons (Fsp3) is 0.118. The molecule has 0 aliphatic carbocycles. The van der Waals surface area contributed by atoms with Crippen molar-refractivity contribution >= 4 is 23.2 Å². The molecule has 1 heterocycles. The van der Waals surface area contributed by atoms with Gasteiger partial charge in [-0.25, -0.2) is 0 Å². The van der Waals surface area contributed by atoms with Gasteiger partial charge in [-0.05, 0) is 43.3 Å². The van der Waals surface area contributed by atoms with Crippen LogP contribution in [0.1, 0.15) is 16.2 Å². The predicted molar refractivity (Wildman–Crippen MR) is 92.1 cm³/mol. The highest BCUT2D eigenvalue weighted by molar-refractivity contribution is 6.30. The van der Waals surface area contributed by atoms with Crippen LogP contribution in [0, 0.1) is 6.92 Å². The van der Waals surface area contributed by atoms with E-state index in [-0.39, 0.29) is 11.6 Å². The Kier molecular flexibility index (Phi) is 4.48. The zero-order valence-corrected chi connectivity index (χ0v) is 13.9. The summed E-state index contributed by atoms with van der Waals surface area (Å²) in [5.74, 6) is 0.228. The molecule has 0 radical (unpaired) electrons. The molecule has 0 bridgehead atoms. The summed E-state index contributed by atoms with van der Waals surface area (Å²) in [5.41, 5.74) is 2.07. The Bertz CT molecular complexity index is 875. The van der Waals surface area contributed by atoms with E-state index >= 15 is 0 Å². The van der Waals surface area contributed by atoms with Crippen LogP contribution in [0.4, 0.5) is 5.69 Å². The van der Waals surface area contributed by atoms with Crippen molar-refractivity contribution < 1.29 is 9.53 Å². The number of hydrogen-bond donors (Lipinski definition) is 1. The second kappa shape index (κ2) is 6.72. The molecule has 0 atom stereocenters. The molecule has 7 heteroatoms. The number of nitrogens with one attached hydrogen (secondary N) is 1. The van der Waals surface area contributed by atoms with E-state index in [2.05, 4.69) is 15.5 Å². The van der Waals surface area contributed by atoms with Gasteiger partial charge in [-0.15, -0.1) is 5.10 Å². The highest BCUT2D eigenvalue weighted by Gasteiger charge is 2.17. The lowest BCUT2D eigenvalue weighted by Gasteiger charge is -2.08. The number of carbonyl (C=O) groups excluding carboxylic acids is 1. The fourth-order valence-corrected chi connectivity index (χ4v) is 2.33. The Morgan fingerprint density at radius 2 is 1.83 bits per heavy atom. The van der Waals surface area contributed by atoms with Gasteiger partial charge in [0.1, 0.15) is 5.75 Å². The van der Waals surface area contributed by atoms with E-state index in [1.54, 1.807) is 50.4 Å². The number of rotatable bonds is 4. The third-order valence-electron chi connectivity index (χ3n) is 3.41. The van der Waals surface area contributed by atoms with Crippen LogP contribution < -0.4 is 10.1 Å². The van der Waals surface area contributed by atoms with Gasteiger partial charge in [-0.3, -0.25) is 4.79 Å². The third kappa shape index (κ3) is 3.23. The fourth-order valence-electron chi connectivity index (χ4n) is 2.21. The van der Waals surface area contributed by atoms with Crippen molar-refractivity contribution in [3.05, 3.63) is 64.9 Å². The molecule has 0 saturated carbocycles. The summed E-state index contributed by atoms with van der Waals surface area (Å²) in [5, 5.41) is 12.0. The Morgan fingerprint density at radius 3 is 2.54 bits per heavy atom. The van der Waals surface area contributed by atoms with Gasteiger partial charge in [0, 0.05) is 5.02 Å². The Hall–Kier alpha value is -2.86. The van der Waals surface area contributed by atoms with Gasteiger partial charge < -0.3 is 10.1 Å². The van der Waals surface area contributed by atoms with Crippen LogP contribution in [-0.2, 0) is 0 Å². The second-order valence-electron chi connectivity index (χ2n) is 5.05. The van der Waals surface area contributed by atoms with Gasteiger partial charge in [0.15, 0.2) is 5.69 Å². The summed E-state index contributed by atoms with van der Waals surface area (Å²) in [6.07, 6.45) is 0. The molecule has 3 aromatic rings. The molecule has 122 valence electrons. The van der Waals surface area contributed by atoms with E-state index in [0.29, 0.717) is 22.2 Å². The number of methoxy groups -OCH3 is 1. The van der Waals surface area contributed by atoms with E-state index in [9.17, 15) is 4.79 Å². The molecule has 3 rings (SSSR count). The van der Waals surface area contributed by atoms with Gasteiger partial charge in [0.2, 0.25) is 0 Å². The molecule has 0 fully saturated rings. The van der Waals surface area contributed by atoms with Gasteiger partial charge in [-0.1, -0.05) is 23.7 Å². The number of nitrogens with zero attached hydrogens (tertiary/aromatic N) is 3. The molecule has 24 heavy (non-hydrogen) atoms. The molecule has 0 aliphatic heterocycles. The molecule has 0 aliphatic rings. The van der Waals surface area contributed by atoms with Gasteiger partial charge >= 0.3 is 0 Å². The van der Waals surface area contributed by atoms with Crippen molar-refractivity contribution in [3.8, 4) is 11.4 Å². The summed E-state index contributed by atoms with van der Waals surface area (Å²) in [6.45, 7) is 1.73. The number of ether oxygens (including phenoxy) is 1. The summed E-state index contributed by atoms with van der Waals surface area (Å²) >= 11 is 5.88. The van der Waals surface area contributed by atoms with Crippen molar-refractivity contribution in [1.29, 1.82) is 0 Å². The quantitative estimate of drug-likeness (QED) is 0.788. The highest BCUT2D eigenvalue weighted by atomic mass is 35.5. The van der Waals surface area contributed by atoms with E-state index in [1.165, 1.54) is 4.80 Å². The molecule has 0 unspecified atom stereocenters. The summed E-state index contributed by atoms with van der Waals surface area (Å²) < 4.78 is 5.23. The standard InChI is InChI=1S/C17H15ClN4O2/c1-11-16(17(23)19-14-5-3-4-6-15(14)24-2)21-22(20-11)13-9-7-12(18)8-10-13/h3-10H,1-2H3,(H,19,23). The minimum absolute atomic E-state index is 0.246. The van der Waals surface area contributed by atoms with Gasteiger partial charge in [0.05, 0.1) is 24.2 Å². The second-order valence-corrected chi connectivity index (χ2v) is 5.49. The van der Waals surface area contributed by atoms with Gasteiger partial charge in [-0.2, -0.15) is 9.90 Å². The Labute approximate surface area is 144 Å². The van der Waals surface area contributed by atoms with Crippen LogP contribution >= 0.6 is 11.6 Å². The molecule has 0 saturated heterocycles. The first-order chi connectivity index (χ1) is 11.6. The van der Waals surface area contributed by atoms with Crippen molar-refractivity contribution in [2.75, 3.05) is 12.4 Å². The monoisotopic (exact) mass is 342 g/mol. The number of carbonyl (C=O) groups is 1. The van der Waals surface area contributed by atoms with Crippen LogP contribution in [-0.4, -0.2) is 28.0 Å². The lowest BCUT2D eigenvalue weighted by atomic mass is 10.2. The topological polar surface area (TPSA) is 69.0 Å². The molecule has 2 aromatic carbocycles. The molecule has 6 nitrogen and oxygen atoms in total. The smallest absolute Gasteiger partial charge is 0.278 e. The number of aromatic nitrogens is 3. The first kappa shape index (κ1) is 16.0. The van der Waals surface area contributed by atoms with Crippen LogP contribution in [0.2, 0.25) is 5.02 Å². The maximum atomic E-state index is 12.5. The van der Waals surface area contributed by atoms with Gasteiger partial charge in [0.25, 0.3) is 5.91 Å². The number of para-hydroxylation sites is 2. The zero-order valence-electron chi connectivity index (χ0n) is 13.2.